The van der Waals surface area contributed by atoms with Gasteiger partial charge in [-0.25, -0.2) is 52.7 Å². The topological polar surface area (TPSA) is 0 Å². The monoisotopic (exact) mass is 1190 g/mol. The zero-order chi connectivity index (χ0) is 59.8. The molecule has 0 radical (unpaired) electrons. The third kappa shape index (κ3) is 8.06. The second kappa shape index (κ2) is 21.7. The Balaban J connectivity index is 0.000000160. The molecule has 12 aromatic rings. The van der Waals surface area contributed by atoms with Crippen LogP contribution in [0.25, 0.3) is 66.8 Å². The van der Waals surface area contributed by atoms with Crippen molar-refractivity contribution in [3.05, 3.63) is 312 Å². The summed E-state index contributed by atoms with van der Waals surface area (Å²) in [5.74, 6) is -17.1. The van der Waals surface area contributed by atoms with E-state index >= 15 is 52.7 Å². The van der Waals surface area contributed by atoms with Gasteiger partial charge in [-0.05, 0) is 43.0 Å². The summed E-state index contributed by atoms with van der Waals surface area (Å²) in [6, 6.07) is 63.7. The SMILES string of the molecule is Fc1c(F)c2c(c(F)c1-c1ccccc1)[Si](c1ccccc1)(c1ccccc1)c1c(F)c(-c3ccccc3)c(F)c(F)c1-2.Fc1c(F)c2c(c(F)c1-c1ccccc1)[Si](c1ccccc1)(c1ccccc1)c1c(F)c(-c3ccccc3)c(F)c(F)c1-2. The zero-order valence-corrected chi connectivity index (χ0v) is 46.6. The number of rotatable bonds is 8. The number of hydrogen-bond donors (Lipinski definition) is 0. The van der Waals surface area contributed by atoms with Crippen molar-refractivity contribution < 1.29 is 52.7 Å². The fraction of sp³-hybridized carbons (Fsp3) is 0. The highest BCUT2D eigenvalue weighted by Gasteiger charge is 2.59. The molecule has 420 valence electrons. The van der Waals surface area contributed by atoms with E-state index in [-0.39, 0.29) is 43.0 Å². The Labute approximate surface area is 487 Å². The van der Waals surface area contributed by atoms with Crippen molar-refractivity contribution in [1.29, 1.82) is 0 Å². The van der Waals surface area contributed by atoms with Crippen molar-refractivity contribution >= 4 is 57.6 Å². The maximum Gasteiger partial charge on any atom is 0.188 e. The Kier molecular flexibility index (Phi) is 14.0. The number of fused-ring (bicyclic) bond motifs is 6. The number of halogens is 12. The maximum atomic E-state index is 17.2. The van der Waals surface area contributed by atoms with Crippen molar-refractivity contribution in [1.82, 2.24) is 0 Å². The van der Waals surface area contributed by atoms with Crippen molar-refractivity contribution in [2.45, 2.75) is 0 Å². The first kappa shape index (κ1) is 55.4. The summed E-state index contributed by atoms with van der Waals surface area (Å²) in [6.45, 7) is 0. The summed E-state index contributed by atoms with van der Waals surface area (Å²) in [5.41, 5.74) is -5.58. The van der Waals surface area contributed by atoms with Gasteiger partial charge in [0.25, 0.3) is 0 Å². The molecule has 0 amide bonds. The summed E-state index contributed by atoms with van der Waals surface area (Å²) in [7, 11) is -8.63. The van der Waals surface area contributed by atoms with Crippen LogP contribution in [0.4, 0.5) is 52.7 Å². The quantitative estimate of drug-likeness (QED) is 0.0808. The van der Waals surface area contributed by atoms with Gasteiger partial charge >= 0.3 is 0 Å². The third-order valence-electron chi connectivity index (χ3n) is 16.4. The van der Waals surface area contributed by atoms with Gasteiger partial charge < -0.3 is 0 Å². The van der Waals surface area contributed by atoms with Crippen molar-refractivity contribution in [3.8, 4) is 66.8 Å². The van der Waals surface area contributed by atoms with Crippen molar-refractivity contribution in [2.75, 3.05) is 0 Å². The standard InChI is InChI=1S/2C36H20F6Si/c2*37-29-25(21-13-5-1-6-14-21)33(41)35-27(31(29)39)28-32(40)30(38)26(22-15-7-2-8-16-22)34(42)36(28)43(35,23-17-9-3-10-18-23)24-19-11-4-12-20-24/h2*1-20H. The lowest BCUT2D eigenvalue weighted by Gasteiger charge is -2.32. The minimum absolute atomic E-state index is 0.0521. The molecule has 12 aromatic carbocycles. The molecule has 0 saturated heterocycles. The van der Waals surface area contributed by atoms with Crippen LogP contribution in [-0.2, 0) is 0 Å². The maximum absolute atomic E-state index is 17.2. The summed E-state index contributed by atoms with van der Waals surface area (Å²) >= 11 is 0. The van der Waals surface area contributed by atoms with Gasteiger partial charge in [-0.3, -0.25) is 0 Å². The number of hydrogen-bond acceptors (Lipinski definition) is 0. The molecule has 2 heterocycles. The average molecular weight is 1190 g/mol. The van der Waals surface area contributed by atoms with E-state index in [0.717, 1.165) is 0 Å². The van der Waals surface area contributed by atoms with E-state index in [4.69, 9.17) is 0 Å². The molecule has 0 aliphatic carbocycles. The Hall–Kier alpha value is -9.77. The highest BCUT2D eigenvalue weighted by atomic mass is 28.3. The molecule has 0 atom stereocenters. The molecule has 2 aliphatic rings. The van der Waals surface area contributed by atoms with Gasteiger partial charge in [-0.1, -0.05) is 243 Å². The molecule has 0 aromatic heterocycles. The third-order valence-corrected chi connectivity index (χ3v) is 26.0. The van der Waals surface area contributed by atoms with E-state index < -0.39 is 130 Å². The van der Waals surface area contributed by atoms with Gasteiger partial charge in [0, 0.05) is 43.0 Å². The van der Waals surface area contributed by atoms with Gasteiger partial charge in [0.1, 0.15) is 23.3 Å². The molecule has 0 fully saturated rings. The lowest BCUT2D eigenvalue weighted by Crippen LogP contribution is -2.74. The molecule has 14 rings (SSSR count). The summed E-state index contributed by atoms with van der Waals surface area (Å²) in [4.78, 5) is 0. The molecule has 0 nitrogen and oxygen atoms in total. The summed E-state index contributed by atoms with van der Waals surface area (Å²) in [5, 5.41) is 0.145. The average Bonchev–Trinajstić information content (AvgIpc) is 1.51. The molecule has 2 aliphatic heterocycles. The minimum Gasteiger partial charge on any atom is -0.206 e. The van der Waals surface area contributed by atoms with Crippen LogP contribution in [-0.4, -0.2) is 16.1 Å². The summed E-state index contributed by atoms with van der Waals surface area (Å²) < 4.78 is 198. The van der Waals surface area contributed by atoms with Gasteiger partial charge in [-0.2, -0.15) is 0 Å². The van der Waals surface area contributed by atoms with E-state index in [0.29, 0.717) is 20.7 Å². The molecule has 0 unspecified atom stereocenters. The number of benzene rings is 12. The zero-order valence-electron chi connectivity index (χ0n) is 44.6. The van der Waals surface area contributed by atoms with Crippen LogP contribution in [0.3, 0.4) is 0 Å². The van der Waals surface area contributed by atoms with Crippen LogP contribution in [0.5, 0.6) is 0 Å². The molecule has 0 spiro atoms. The minimum atomic E-state index is -4.32. The van der Waals surface area contributed by atoms with Gasteiger partial charge in [0.05, 0.1) is 22.3 Å². The normalized spacial score (nSPS) is 13.1. The van der Waals surface area contributed by atoms with Crippen LogP contribution in [0, 0.1) is 69.8 Å². The summed E-state index contributed by atoms with van der Waals surface area (Å²) in [6.07, 6.45) is 0. The highest BCUT2D eigenvalue weighted by Crippen LogP contribution is 2.45. The Morgan fingerprint density at radius 1 is 0.151 bits per heavy atom. The predicted octanol–water partition coefficient (Wildman–Crippen LogP) is 14.4. The highest BCUT2D eigenvalue weighted by molar-refractivity contribution is 7.23. The molecular weight excluding hydrogens is 1150 g/mol. The Bertz CT molecular complexity index is 4020. The first-order chi connectivity index (χ1) is 41.8. The van der Waals surface area contributed by atoms with E-state index in [9.17, 15) is 0 Å². The van der Waals surface area contributed by atoms with Crippen molar-refractivity contribution in [2.24, 2.45) is 0 Å². The molecule has 0 bridgehead atoms. The smallest absolute Gasteiger partial charge is 0.188 e. The first-order valence-electron chi connectivity index (χ1n) is 27.1. The lowest BCUT2D eigenvalue weighted by atomic mass is 9.95. The van der Waals surface area contributed by atoms with E-state index in [1.807, 2.05) is 0 Å². The predicted molar refractivity (Wildman–Crippen MR) is 319 cm³/mol. The fourth-order valence-corrected chi connectivity index (χ4v) is 23.4. The lowest BCUT2D eigenvalue weighted by molar-refractivity contribution is 0.495. The van der Waals surface area contributed by atoms with E-state index in [1.165, 1.54) is 48.5 Å². The Morgan fingerprint density at radius 3 is 0.453 bits per heavy atom. The van der Waals surface area contributed by atoms with Gasteiger partial charge in [-0.15, -0.1) is 0 Å². The fourth-order valence-electron chi connectivity index (χ4n) is 12.9. The van der Waals surface area contributed by atoms with Crippen LogP contribution < -0.4 is 41.5 Å². The van der Waals surface area contributed by atoms with Crippen LogP contribution in [0.15, 0.2) is 243 Å². The molecule has 86 heavy (non-hydrogen) atoms. The molecule has 14 heteroatoms. The van der Waals surface area contributed by atoms with E-state index in [1.54, 1.807) is 194 Å². The van der Waals surface area contributed by atoms with Gasteiger partial charge in [0.2, 0.25) is 0 Å². The van der Waals surface area contributed by atoms with Crippen LogP contribution in [0.2, 0.25) is 0 Å². The largest absolute Gasteiger partial charge is 0.206 e. The van der Waals surface area contributed by atoms with Crippen molar-refractivity contribution in [3.63, 3.8) is 0 Å². The second-order valence-electron chi connectivity index (χ2n) is 20.7. The first-order valence-corrected chi connectivity index (χ1v) is 31.1. The van der Waals surface area contributed by atoms with Crippen LogP contribution >= 0.6 is 0 Å². The Morgan fingerprint density at radius 2 is 0.291 bits per heavy atom. The molecule has 0 saturated carbocycles. The molecule has 0 N–H and O–H groups in total. The van der Waals surface area contributed by atoms with Gasteiger partial charge in [0.15, 0.2) is 62.7 Å². The van der Waals surface area contributed by atoms with Crippen LogP contribution in [0.1, 0.15) is 0 Å². The van der Waals surface area contributed by atoms with E-state index in [2.05, 4.69) is 0 Å². The molecular formula is C72H40F12Si2. The second-order valence-corrected chi connectivity index (χ2v) is 28.0.